The number of nitrogens with one attached hydrogen (secondary N) is 1. The number of hydrogen-bond donors (Lipinski definition) is 2. The van der Waals surface area contributed by atoms with Crippen LogP contribution in [0, 0.1) is 0 Å². The van der Waals surface area contributed by atoms with Crippen molar-refractivity contribution in [3.63, 3.8) is 0 Å². The molecule has 1 amide bonds. The Kier molecular flexibility index (Phi) is 6.48. The molecular formula is C8H19N3O2. The molecule has 0 fully saturated rings. The fourth-order valence-electron chi connectivity index (χ4n) is 0.924. The molecule has 0 aliphatic heterocycles. The molecule has 5 nitrogen and oxygen atoms in total. The van der Waals surface area contributed by atoms with Gasteiger partial charge in [0.25, 0.3) is 0 Å². The van der Waals surface area contributed by atoms with Crippen molar-refractivity contribution >= 4 is 5.91 Å². The molecule has 13 heavy (non-hydrogen) atoms. The van der Waals surface area contributed by atoms with Crippen LogP contribution in [-0.2, 0) is 9.53 Å². The number of rotatable bonds is 6. The minimum Gasteiger partial charge on any atom is -0.383 e. The molecule has 0 rings (SSSR count). The highest BCUT2D eigenvalue weighted by atomic mass is 16.5. The van der Waals surface area contributed by atoms with Crippen molar-refractivity contribution in [2.24, 2.45) is 5.73 Å². The van der Waals surface area contributed by atoms with Crippen molar-refractivity contribution in [1.29, 1.82) is 0 Å². The number of ether oxygens (including phenoxy) is 1. The number of hydrogen-bond acceptors (Lipinski definition) is 4. The van der Waals surface area contributed by atoms with E-state index in [4.69, 9.17) is 10.5 Å². The predicted molar refractivity (Wildman–Crippen MR) is 51.4 cm³/mol. The second-order valence-electron chi connectivity index (χ2n) is 2.93. The molecule has 0 aromatic heterocycles. The molecule has 0 aliphatic carbocycles. The van der Waals surface area contributed by atoms with E-state index in [-0.39, 0.29) is 12.5 Å². The maximum atomic E-state index is 11.4. The van der Waals surface area contributed by atoms with Gasteiger partial charge in [-0.3, -0.25) is 4.79 Å². The Morgan fingerprint density at radius 1 is 1.69 bits per heavy atom. The van der Waals surface area contributed by atoms with Crippen LogP contribution in [-0.4, -0.2) is 57.8 Å². The summed E-state index contributed by atoms with van der Waals surface area (Å²) in [4.78, 5) is 13.0. The quantitative estimate of drug-likeness (QED) is 0.541. The van der Waals surface area contributed by atoms with Gasteiger partial charge < -0.3 is 20.7 Å². The van der Waals surface area contributed by atoms with Crippen molar-refractivity contribution in [3.8, 4) is 0 Å². The van der Waals surface area contributed by atoms with Crippen LogP contribution in [0.25, 0.3) is 0 Å². The third-order valence-electron chi connectivity index (χ3n) is 1.74. The lowest BCUT2D eigenvalue weighted by molar-refractivity contribution is -0.132. The van der Waals surface area contributed by atoms with Gasteiger partial charge in [0.1, 0.15) is 6.04 Å². The molecule has 0 heterocycles. The van der Waals surface area contributed by atoms with E-state index in [0.717, 1.165) is 6.54 Å². The standard InChI is InChI=1S/C8H19N3O2/c1-10-4-5-11(2)8(12)7(9)6-13-3/h7,10H,4-6,9H2,1-3H3. The summed E-state index contributed by atoms with van der Waals surface area (Å²) in [6, 6.07) is -0.549. The van der Waals surface area contributed by atoms with Crippen LogP contribution in [0.1, 0.15) is 0 Å². The number of nitrogens with two attached hydrogens (primary N) is 1. The average molecular weight is 189 g/mol. The summed E-state index contributed by atoms with van der Waals surface area (Å²) in [5.74, 6) is -0.0860. The summed E-state index contributed by atoms with van der Waals surface area (Å²) in [6.07, 6.45) is 0. The lowest BCUT2D eigenvalue weighted by atomic mass is 10.3. The average Bonchev–Trinajstić information content (AvgIpc) is 2.13. The van der Waals surface area contributed by atoms with Crippen molar-refractivity contribution < 1.29 is 9.53 Å². The highest BCUT2D eigenvalue weighted by Crippen LogP contribution is 1.89. The highest BCUT2D eigenvalue weighted by molar-refractivity contribution is 5.81. The monoisotopic (exact) mass is 189 g/mol. The molecular weight excluding hydrogens is 170 g/mol. The predicted octanol–water partition coefficient (Wildman–Crippen LogP) is -1.36. The number of amides is 1. The molecule has 1 atom stereocenters. The fourth-order valence-corrected chi connectivity index (χ4v) is 0.924. The Balaban J connectivity index is 3.79. The largest absolute Gasteiger partial charge is 0.383 e. The number of carbonyl (C=O) groups is 1. The zero-order valence-corrected chi connectivity index (χ0v) is 8.54. The third kappa shape index (κ3) is 4.82. The topological polar surface area (TPSA) is 67.6 Å². The van der Waals surface area contributed by atoms with E-state index in [0.29, 0.717) is 6.54 Å². The van der Waals surface area contributed by atoms with E-state index >= 15 is 0 Å². The van der Waals surface area contributed by atoms with Crippen molar-refractivity contribution in [3.05, 3.63) is 0 Å². The van der Waals surface area contributed by atoms with Gasteiger partial charge in [0.2, 0.25) is 5.91 Å². The van der Waals surface area contributed by atoms with Gasteiger partial charge in [-0.05, 0) is 7.05 Å². The van der Waals surface area contributed by atoms with Crippen LogP contribution < -0.4 is 11.1 Å². The third-order valence-corrected chi connectivity index (χ3v) is 1.74. The smallest absolute Gasteiger partial charge is 0.241 e. The summed E-state index contributed by atoms with van der Waals surface area (Å²) in [5, 5.41) is 2.96. The van der Waals surface area contributed by atoms with Gasteiger partial charge in [-0.2, -0.15) is 0 Å². The van der Waals surface area contributed by atoms with Gasteiger partial charge in [0.15, 0.2) is 0 Å². The molecule has 0 saturated heterocycles. The first-order chi connectivity index (χ1) is 6.13. The van der Waals surface area contributed by atoms with Gasteiger partial charge in [-0.1, -0.05) is 0 Å². The number of nitrogens with zero attached hydrogens (tertiary/aromatic N) is 1. The van der Waals surface area contributed by atoms with Crippen LogP contribution in [0.15, 0.2) is 0 Å². The Morgan fingerprint density at radius 2 is 2.31 bits per heavy atom. The molecule has 0 aliphatic rings. The normalized spacial score (nSPS) is 12.6. The lowest BCUT2D eigenvalue weighted by Crippen LogP contribution is -2.46. The van der Waals surface area contributed by atoms with Crippen LogP contribution in [0.2, 0.25) is 0 Å². The maximum absolute atomic E-state index is 11.4. The second kappa shape index (κ2) is 6.82. The second-order valence-corrected chi connectivity index (χ2v) is 2.93. The fraction of sp³-hybridized carbons (Fsp3) is 0.875. The van der Waals surface area contributed by atoms with E-state index < -0.39 is 6.04 Å². The Bertz CT molecular complexity index is 152. The first-order valence-electron chi connectivity index (χ1n) is 4.27. The summed E-state index contributed by atoms with van der Waals surface area (Å²) >= 11 is 0. The van der Waals surface area contributed by atoms with E-state index in [1.165, 1.54) is 7.11 Å². The molecule has 0 bridgehead atoms. The molecule has 0 radical (unpaired) electrons. The summed E-state index contributed by atoms with van der Waals surface area (Å²) in [6.45, 7) is 1.69. The Morgan fingerprint density at radius 3 is 2.77 bits per heavy atom. The minimum absolute atomic E-state index is 0.0860. The van der Waals surface area contributed by atoms with E-state index in [2.05, 4.69) is 5.32 Å². The SMILES string of the molecule is CNCCN(C)C(=O)C(N)COC. The van der Waals surface area contributed by atoms with Crippen LogP contribution >= 0.6 is 0 Å². The highest BCUT2D eigenvalue weighted by Gasteiger charge is 2.16. The Labute approximate surface area is 79.2 Å². The number of methoxy groups -OCH3 is 1. The van der Waals surface area contributed by atoms with Gasteiger partial charge in [0.05, 0.1) is 6.61 Å². The first kappa shape index (κ1) is 12.3. The van der Waals surface area contributed by atoms with Crippen LogP contribution in [0.4, 0.5) is 0 Å². The van der Waals surface area contributed by atoms with Gasteiger partial charge in [0, 0.05) is 27.2 Å². The Hall–Kier alpha value is -0.650. The molecule has 0 spiro atoms. The first-order valence-corrected chi connectivity index (χ1v) is 4.27. The zero-order valence-electron chi connectivity index (χ0n) is 8.54. The molecule has 0 aromatic carbocycles. The summed E-state index contributed by atoms with van der Waals surface area (Å²) in [5.41, 5.74) is 5.56. The lowest BCUT2D eigenvalue weighted by Gasteiger charge is -2.20. The molecule has 0 saturated carbocycles. The molecule has 1 unspecified atom stereocenters. The maximum Gasteiger partial charge on any atom is 0.241 e. The van der Waals surface area contributed by atoms with Crippen molar-refractivity contribution in [2.75, 3.05) is 40.9 Å². The molecule has 3 N–H and O–H groups in total. The van der Waals surface area contributed by atoms with E-state index in [1.807, 2.05) is 7.05 Å². The minimum atomic E-state index is -0.549. The van der Waals surface area contributed by atoms with Crippen molar-refractivity contribution in [2.45, 2.75) is 6.04 Å². The molecule has 0 aromatic rings. The van der Waals surface area contributed by atoms with Gasteiger partial charge >= 0.3 is 0 Å². The van der Waals surface area contributed by atoms with Gasteiger partial charge in [-0.25, -0.2) is 0 Å². The number of likely N-dealkylation sites (N-methyl/N-ethyl adjacent to an activating group) is 2. The van der Waals surface area contributed by atoms with Crippen LogP contribution in [0.3, 0.4) is 0 Å². The molecule has 78 valence electrons. The van der Waals surface area contributed by atoms with E-state index in [1.54, 1.807) is 11.9 Å². The summed E-state index contributed by atoms with van der Waals surface area (Å²) < 4.78 is 4.79. The molecule has 5 heteroatoms. The zero-order chi connectivity index (χ0) is 10.3. The van der Waals surface area contributed by atoms with E-state index in [9.17, 15) is 4.79 Å². The van der Waals surface area contributed by atoms with Crippen molar-refractivity contribution in [1.82, 2.24) is 10.2 Å². The summed E-state index contributed by atoms with van der Waals surface area (Å²) in [7, 11) is 5.10. The van der Waals surface area contributed by atoms with Crippen LogP contribution in [0.5, 0.6) is 0 Å². The number of carbonyl (C=O) groups excluding carboxylic acids is 1. The van der Waals surface area contributed by atoms with Gasteiger partial charge in [-0.15, -0.1) is 0 Å².